The Bertz CT molecular complexity index is 1380. The summed E-state index contributed by atoms with van der Waals surface area (Å²) in [7, 11) is 1.30. The monoisotopic (exact) mass is 476 g/mol. The second kappa shape index (κ2) is 10.2. The smallest absolute Gasteiger partial charge is 0.337 e. The Hall–Kier alpha value is -5.07. The molecule has 35 heavy (non-hydrogen) atoms. The van der Waals surface area contributed by atoms with Crippen LogP contribution in [0, 0.1) is 0 Å². The third kappa shape index (κ3) is 4.98. The number of esters is 1. The van der Waals surface area contributed by atoms with Crippen LogP contribution in [0.25, 0.3) is 17.1 Å². The van der Waals surface area contributed by atoms with Crippen molar-refractivity contribution in [2.24, 2.45) is 5.10 Å². The quantitative estimate of drug-likeness (QED) is 0.217. The van der Waals surface area contributed by atoms with Crippen molar-refractivity contribution >= 4 is 23.9 Å². The second-order valence-electron chi connectivity index (χ2n) is 6.95. The molecule has 0 fully saturated rings. The number of nitrogens with zero attached hydrogens (tertiary/aromatic N) is 6. The van der Waals surface area contributed by atoms with Crippen LogP contribution < -0.4 is 15.9 Å². The number of nitrogens with two attached hydrogens (primary N) is 1. The highest BCUT2D eigenvalue weighted by Crippen LogP contribution is 2.29. The van der Waals surface area contributed by atoms with Gasteiger partial charge >= 0.3 is 5.97 Å². The Balaban J connectivity index is 1.63. The van der Waals surface area contributed by atoms with Crippen molar-refractivity contribution in [1.29, 1.82) is 0 Å². The molecule has 13 heteroatoms. The number of hydrazone groups is 1. The number of benzene rings is 2. The molecule has 0 bridgehead atoms. The Kier molecular flexibility index (Phi) is 6.76. The molecule has 0 atom stereocenters. The zero-order chi connectivity index (χ0) is 24.8. The summed E-state index contributed by atoms with van der Waals surface area (Å²) in [6.07, 6.45) is 1.41. The highest BCUT2D eigenvalue weighted by Gasteiger charge is 2.25. The number of amides is 1. The van der Waals surface area contributed by atoms with Crippen molar-refractivity contribution in [1.82, 2.24) is 30.7 Å². The Labute approximate surface area is 198 Å². The van der Waals surface area contributed by atoms with E-state index in [1.807, 2.05) is 6.92 Å². The van der Waals surface area contributed by atoms with Gasteiger partial charge in [0.05, 0.1) is 25.5 Å². The van der Waals surface area contributed by atoms with E-state index in [1.165, 1.54) is 18.0 Å². The van der Waals surface area contributed by atoms with E-state index in [9.17, 15) is 9.59 Å². The van der Waals surface area contributed by atoms with Crippen LogP contribution in [-0.4, -0.2) is 57.1 Å². The molecule has 0 radical (unpaired) electrons. The predicted octanol–water partition coefficient (Wildman–Crippen LogP) is 1.85. The van der Waals surface area contributed by atoms with Crippen LogP contribution in [0.3, 0.4) is 0 Å². The molecule has 178 valence electrons. The van der Waals surface area contributed by atoms with Gasteiger partial charge in [0.1, 0.15) is 11.4 Å². The summed E-state index contributed by atoms with van der Waals surface area (Å²) in [5.74, 6) is -0.455. The van der Waals surface area contributed by atoms with Crippen LogP contribution in [0.15, 0.2) is 58.3 Å². The van der Waals surface area contributed by atoms with Crippen molar-refractivity contribution < 1.29 is 23.7 Å². The zero-order valence-corrected chi connectivity index (χ0v) is 18.7. The van der Waals surface area contributed by atoms with E-state index in [1.54, 1.807) is 48.5 Å². The van der Waals surface area contributed by atoms with Crippen molar-refractivity contribution in [3.8, 4) is 22.8 Å². The summed E-state index contributed by atoms with van der Waals surface area (Å²) >= 11 is 0. The molecule has 0 aliphatic carbocycles. The van der Waals surface area contributed by atoms with Gasteiger partial charge in [-0.3, -0.25) is 4.79 Å². The average Bonchev–Trinajstić information content (AvgIpc) is 3.50. The normalized spacial score (nSPS) is 10.9. The first-order valence-electron chi connectivity index (χ1n) is 10.3. The van der Waals surface area contributed by atoms with Gasteiger partial charge in [-0.05, 0) is 47.1 Å². The molecule has 0 saturated carbocycles. The van der Waals surface area contributed by atoms with Crippen molar-refractivity contribution in [3.63, 3.8) is 0 Å². The van der Waals surface area contributed by atoms with E-state index in [0.717, 1.165) is 0 Å². The molecule has 1 amide bonds. The molecule has 0 aliphatic heterocycles. The van der Waals surface area contributed by atoms with Crippen molar-refractivity contribution in [3.05, 3.63) is 65.4 Å². The van der Waals surface area contributed by atoms with E-state index in [-0.39, 0.29) is 23.0 Å². The van der Waals surface area contributed by atoms with E-state index in [4.69, 9.17) is 10.5 Å². The van der Waals surface area contributed by atoms with Crippen LogP contribution in [0.4, 0.5) is 5.82 Å². The van der Waals surface area contributed by atoms with Gasteiger partial charge in [0.25, 0.3) is 5.91 Å². The lowest BCUT2D eigenvalue weighted by Crippen LogP contribution is -2.19. The highest BCUT2D eigenvalue weighted by molar-refractivity contribution is 5.99. The minimum Gasteiger partial charge on any atom is -0.494 e. The highest BCUT2D eigenvalue weighted by atomic mass is 16.6. The first-order chi connectivity index (χ1) is 17.0. The second-order valence-corrected chi connectivity index (χ2v) is 6.95. The molecule has 2 aromatic heterocycles. The predicted molar refractivity (Wildman–Crippen MR) is 123 cm³/mol. The van der Waals surface area contributed by atoms with Crippen LogP contribution in [0.1, 0.15) is 33.3 Å². The lowest BCUT2D eigenvalue weighted by molar-refractivity contribution is 0.0600. The number of nitrogens with one attached hydrogen (secondary N) is 1. The Morgan fingerprint density at radius 1 is 1.20 bits per heavy atom. The summed E-state index contributed by atoms with van der Waals surface area (Å²) < 4.78 is 16.2. The van der Waals surface area contributed by atoms with Gasteiger partial charge in [-0.25, -0.2) is 14.8 Å². The molecule has 0 aliphatic rings. The molecular formula is C22H20N8O5. The lowest BCUT2D eigenvalue weighted by atomic mass is 10.1. The Morgan fingerprint density at radius 3 is 2.69 bits per heavy atom. The fourth-order valence-electron chi connectivity index (χ4n) is 3.12. The number of hydrogen-bond donors (Lipinski definition) is 2. The fraction of sp³-hybridized carbons (Fsp3) is 0.136. The molecule has 0 spiro atoms. The van der Waals surface area contributed by atoms with E-state index in [0.29, 0.717) is 29.0 Å². The molecule has 4 rings (SSSR count). The van der Waals surface area contributed by atoms with Crippen molar-refractivity contribution in [2.75, 3.05) is 19.5 Å². The van der Waals surface area contributed by atoms with Crippen LogP contribution >= 0.6 is 0 Å². The fourth-order valence-corrected chi connectivity index (χ4v) is 3.12. The van der Waals surface area contributed by atoms with Gasteiger partial charge in [0.15, 0.2) is 5.69 Å². The Morgan fingerprint density at radius 2 is 2.00 bits per heavy atom. The summed E-state index contributed by atoms with van der Waals surface area (Å²) in [5, 5.41) is 19.3. The SMILES string of the molecule is CCOc1cccc(-c2c(C(=O)NN=Cc3ccc(C(=O)OC)cc3)nnn2-c2nonc2N)c1. The number of nitrogen functional groups attached to an aromatic ring is 1. The van der Waals surface area contributed by atoms with E-state index in [2.05, 4.69) is 40.5 Å². The largest absolute Gasteiger partial charge is 0.494 e. The first-order valence-corrected chi connectivity index (χ1v) is 10.3. The van der Waals surface area contributed by atoms with E-state index >= 15 is 0 Å². The number of hydrogen-bond acceptors (Lipinski definition) is 11. The molecular weight excluding hydrogens is 456 g/mol. The molecule has 3 N–H and O–H groups in total. The minimum absolute atomic E-state index is 0.0301. The number of carbonyl (C=O) groups is 2. The number of methoxy groups -OCH3 is 1. The maximum Gasteiger partial charge on any atom is 0.337 e. The van der Waals surface area contributed by atoms with E-state index < -0.39 is 11.9 Å². The molecule has 4 aromatic rings. The topological polar surface area (TPSA) is 173 Å². The van der Waals surface area contributed by atoms with Gasteiger partial charge in [-0.15, -0.1) is 5.10 Å². The minimum atomic E-state index is -0.634. The number of rotatable bonds is 8. The molecule has 13 nitrogen and oxygen atoms in total. The molecule has 0 unspecified atom stereocenters. The van der Waals surface area contributed by atoms with Crippen LogP contribution in [0.5, 0.6) is 5.75 Å². The standard InChI is InChI=1S/C22H20N8O5/c1-3-34-16-6-4-5-15(11-16)18-17(25-29-30(18)20-19(23)27-35-28-20)21(31)26-24-12-13-7-9-14(10-8-13)22(32)33-2/h4-12H,3H2,1-2H3,(H2,23,27)(H,26,31). The lowest BCUT2D eigenvalue weighted by Gasteiger charge is -2.08. The first kappa shape index (κ1) is 23.1. The summed E-state index contributed by atoms with van der Waals surface area (Å²) in [4.78, 5) is 24.5. The van der Waals surface area contributed by atoms with Gasteiger partial charge in [0.2, 0.25) is 11.6 Å². The third-order valence-electron chi connectivity index (χ3n) is 4.71. The summed E-state index contributed by atoms with van der Waals surface area (Å²) in [6.45, 7) is 2.32. The maximum absolute atomic E-state index is 13.0. The van der Waals surface area contributed by atoms with Crippen molar-refractivity contribution in [2.45, 2.75) is 6.92 Å². The van der Waals surface area contributed by atoms with Gasteiger partial charge in [-0.2, -0.15) is 9.78 Å². The molecule has 2 aromatic carbocycles. The van der Waals surface area contributed by atoms with Crippen LogP contribution in [-0.2, 0) is 4.74 Å². The summed E-state index contributed by atoms with van der Waals surface area (Å²) in [5.41, 5.74) is 10.1. The number of carbonyl (C=O) groups excluding carboxylic acids is 2. The maximum atomic E-state index is 13.0. The molecule has 2 heterocycles. The van der Waals surface area contributed by atoms with Crippen LogP contribution in [0.2, 0.25) is 0 Å². The molecule has 0 saturated heterocycles. The number of ether oxygens (including phenoxy) is 2. The van der Waals surface area contributed by atoms with Gasteiger partial charge in [-0.1, -0.05) is 29.5 Å². The number of aromatic nitrogens is 5. The van der Waals surface area contributed by atoms with Gasteiger partial charge < -0.3 is 15.2 Å². The third-order valence-corrected chi connectivity index (χ3v) is 4.71. The summed E-state index contributed by atoms with van der Waals surface area (Å²) in [6, 6.07) is 13.5. The van der Waals surface area contributed by atoms with Gasteiger partial charge in [0, 0.05) is 5.56 Å². The average molecular weight is 476 g/mol. The zero-order valence-electron chi connectivity index (χ0n) is 18.7. The number of anilines is 1.